The van der Waals surface area contributed by atoms with Gasteiger partial charge in [0.1, 0.15) is 11.5 Å². The van der Waals surface area contributed by atoms with Gasteiger partial charge in [-0.3, -0.25) is 4.98 Å². The number of nitrogens with zero attached hydrogens (tertiary/aromatic N) is 3. The number of carbonyl (C=O) groups is 1. The highest BCUT2D eigenvalue weighted by Crippen LogP contribution is 2.33. The van der Waals surface area contributed by atoms with Crippen molar-refractivity contribution >= 4 is 5.97 Å². The van der Waals surface area contributed by atoms with Crippen molar-refractivity contribution in [3.05, 3.63) is 78.6 Å². The lowest BCUT2D eigenvalue weighted by Crippen LogP contribution is -2.09. The highest BCUT2D eigenvalue weighted by Gasteiger charge is 2.18. The Labute approximate surface area is 153 Å². The second-order valence-electron chi connectivity index (χ2n) is 5.56. The van der Waals surface area contributed by atoms with Crippen LogP contribution in [-0.4, -0.2) is 26.3 Å². The Morgan fingerprint density at radius 3 is 2.33 bits per heavy atom. The van der Waals surface area contributed by atoms with Crippen molar-refractivity contribution in [1.82, 2.24) is 15.2 Å². The van der Waals surface area contributed by atoms with Gasteiger partial charge in [-0.25, -0.2) is 4.79 Å². The molecule has 132 valence electrons. The Hall–Kier alpha value is -4.00. The van der Waals surface area contributed by atoms with Gasteiger partial charge >= 0.3 is 5.97 Å². The van der Waals surface area contributed by atoms with Crippen LogP contribution >= 0.6 is 0 Å². The van der Waals surface area contributed by atoms with Gasteiger partial charge in [-0.1, -0.05) is 24.3 Å². The van der Waals surface area contributed by atoms with Gasteiger partial charge in [0.15, 0.2) is 0 Å². The Morgan fingerprint density at radius 1 is 0.889 bits per heavy atom. The van der Waals surface area contributed by atoms with Crippen LogP contribution < -0.4 is 4.74 Å². The molecule has 7 heteroatoms. The second-order valence-corrected chi connectivity index (χ2v) is 5.56. The molecular weight excluding hydrogens is 346 g/mol. The third kappa shape index (κ3) is 3.38. The fourth-order valence-electron chi connectivity index (χ4n) is 2.47. The lowest BCUT2D eigenvalue weighted by molar-refractivity contribution is 0.0735. The number of esters is 1. The number of hydrogen-bond acceptors (Lipinski definition) is 7. The SMILES string of the molecule is O=C(Oc1ccccc1-c1nnc(-c2ccccc2O)o1)c1cccnc1. The van der Waals surface area contributed by atoms with Gasteiger partial charge in [-0.2, -0.15) is 0 Å². The van der Waals surface area contributed by atoms with E-state index in [1.165, 1.54) is 12.3 Å². The molecule has 0 amide bonds. The molecule has 1 N–H and O–H groups in total. The number of pyridine rings is 1. The van der Waals surface area contributed by atoms with E-state index in [1.807, 2.05) is 0 Å². The van der Waals surface area contributed by atoms with Crippen LogP contribution in [0.15, 0.2) is 77.5 Å². The minimum absolute atomic E-state index is 0.0315. The molecule has 0 saturated heterocycles. The average Bonchev–Trinajstić information content (AvgIpc) is 3.19. The van der Waals surface area contributed by atoms with Crippen LogP contribution in [0.2, 0.25) is 0 Å². The Bertz CT molecular complexity index is 1090. The maximum atomic E-state index is 12.3. The molecule has 0 spiro atoms. The van der Waals surface area contributed by atoms with Gasteiger partial charge in [0.25, 0.3) is 11.8 Å². The number of ether oxygens (including phenoxy) is 1. The second kappa shape index (κ2) is 7.09. The summed E-state index contributed by atoms with van der Waals surface area (Å²) in [6.07, 6.45) is 3.00. The van der Waals surface area contributed by atoms with Crippen molar-refractivity contribution in [3.63, 3.8) is 0 Å². The summed E-state index contributed by atoms with van der Waals surface area (Å²) in [5.74, 6) is 0.0955. The summed E-state index contributed by atoms with van der Waals surface area (Å²) in [7, 11) is 0. The zero-order chi connectivity index (χ0) is 18.6. The first-order chi connectivity index (χ1) is 13.2. The first kappa shape index (κ1) is 16.5. The largest absolute Gasteiger partial charge is 0.507 e. The molecule has 4 rings (SSSR count). The van der Waals surface area contributed by atoms with E-state index in [1.54, 1.807) is 60.8 Å². The van der Waals surface area contributed by atoms with Gasteiger partial charge in [-0.05, 0) is 36.4 Å². The van der Waals surface area contributed by atoms with E-state index in [4.69, 9.17) is 9.15 Å². The number of phenolic OH excluding ortho intramolecular Hbond substituents is 1. The third-order valence-electron chi connectivity index (χ3n) is 3.78. The molecule has 0 aliphatic carbocycles. The van der Waals surface area contributed by atoms with E-state index in [9.17, 15) is 9.90 Å². The maximum absolute atomic E-state index is 12.3. The number of carbonyl (C=O) groups excluding carboxylic acids is 1. The molecule has 7 nitrogen and oxygen atoms in total. The van der Waals surface area contributed by atoms with Crippen molar-refractivity contribution in [2.24, 2.45) is 0 Å². The van der Waals surface area contributed by atoms with E-state index in [0.717, 1.165) is 0 Å². The number of hydrogen-bond donors (Lipinski definition) is 1. The number of rotatable bonds is 4. The Balaban J connectivity index is 1.66. The molecule has 0 saturated carbocycles. The summed E-state index contributed by atoms with van der Waals surface area (Å²) in [6, 6.07) is 16.7. The molecule has 0 bridgehead atoms. The molecule has 2 heterocycles. The third-order valence-corrected chi connectivity index (χ3v) is 3.78. The summed E-state index contributed by atoms with van der Waals surface area (Å²) < 4.78 is 11.1. The van der Waals surface area contributed by atoms with E-state index >= 15 is 0 Å². The molecule has 0 radical (unpaired) electrons. The highest BCUT2D eigenvalue weighted by atomic mass is 16.5. The lowest BCUT2D eigenvalue weighted by Gasteiger charge is -2.07. The maximum Gasteiger partial charge on any atom is 0.345 e. The summed E-state index contributed by atoms with van der Waals surface area (Å²) >= 11 is 0. The van der Waals surface area contributed by atoms with Gasteiger partial charge in [-0.15, -0.1) is 10.2 Å². The van der Waals surface area contributed by atoms with Crippen LogP contribution in [0, 0.1) is 0 Å². The van der Waals surface area contributed by atoms with Crippen molar-refractivity contribution < 1.29 is 19.1 Å². The van der Waals surface area contributed by atoms with Crippen LogP contribution in [0.1, 0.15) is 10.4 Å². The molecule has 0 unspecified atom stereocenters. The minimum Gasteiger partial charge on any atom is -0.507 e. The van der Waals surface area contributed by atoms with Crippen LogP contribution in [0.4, 0.5) is 0 Å². The number of benzene rings is 2. The first-order valence-electron chi connectivity index (χ1n) is 8.06. The van der Waals surface area contributed by atoms with Crippen LogP contribution in [0.25, 0.3) is 22.9 Å². The standard InChI is InChI=1S/C20H13N3O4/c24-16-9-3-1-7-14(16)18-22-23-19(27-18)15-8-2-4-10-17(15)26-20(25)13-6-5-11-21-12-13/h1-12,24H. The van der Waals surface area contributed by atoms with Crippen LogP contribution in [-0.2, 0) is 0 Å². The molecule has 2 aromatic carbocycles. The number of phenols is 1. The molecule has 0 aliphatic rings. The number of aromatic nitrogens is 3. The minimum atomic E-state index is -0.545. The van der Waals surface area contributed by atoms with Crippen molar-refractivity contribution in [2.75, 3.05) is 0 Å². The average molecular weight is 359 g/mol. The van der Waals surface area contributed by atoms with Crippen LogP contribution in [0.3, 0.4) is 0 Å². The molecule has 27 heavy (non-hydrogen) atoms. The topological polar surface area (TPSA) is 98.3 Å². The van der Waals surface area contributed by atoms with E-state index < -0.39 is 5.97 Å². The van der Waals surface area contributed by atoms with Crippen molar-refractivity contribution in [1.29, 1.82) is 0 Å². The van der Waals surface area contributed by atoms with Gasteiger partial charge < -0.3 is 14.3 Å². The number of para-hydroxylation sites is 2. The van der Waals surface area contributed by atoms with E-state index in [-0.39, 0.29) is 23.3 Å². The lowest BCUT2D eigenvalue weighted by atomic mass is 10.2. The Morgan fingerprint density at radius 2 is 1.59 bits per heavy atom. The van der Waals surface area contributed by atoms with Crippen molar-refractivity contribution in [3.8, 4) is 34.4 Å². The fourth-order valence-corrected chi connectivity index (χ4v) is 2.47. The molecule has 4 aromatic rings. The molecule has 0 aliphatic heterocycles. The zero-order valence-electron chi connectivity index (χ0n) is 13.9. The summed E-state index contributed by atoms with van der Waals surface area (Å²) in [6.45, 7) is 0. The Kier molecular flexibility index (Phi) is 4.32. The molecule has 0 atom stereocenters. The van der Waals surface area contributed by atoms with E-state index in [0.29, 0.717) is 16.7 Å². The summed E-state index contributed by atoms with van der Waals surface area (Å²) in [4.78, 5) is 16.2. The molecule has 2 aromatic heterocycles. The normalized spacial score (nSPS) is 10.5. The highest BCUT2D eigenvalue weighted by molar-refractivity contribution is 5.91. The quantitative estimate of drug-likeness (QED) is 0.438. The monoisotopic (exact) mass is 359 g/mol. The first-order valence-corrected chi connectivity index (χ1v) is 8.06. The summed E-state index contributed by atoms with van der Waals surface area (Å²) in [5, 5.41) is 17.9. The van der Waals surface area contributed by atoms with Gasteiger partial charge in [0, 0.05) is 12.4 Å². The van der Waals surface area contributed by atoms with E-state index in [2.05, 4.69) is 15.2 Å². The van der Waals surface area contributed by atoms with Crippen molar-refractivity contribution in [2.45, 2.75) is 0 Å². The fraction of sp³-hybridized carbons (Fsp3) is 0. The predicted molar refractivity (Wildman–Crippen MR) is 96.0 cm³/mol. The van der Waals surface area contributed by atoms with Gasteiger partial charge in [0.2, 0.25) is 0 Å². The summed E-state index contributed by atoms with van der Waals surface area (Å²) in [5.41, 5.74) is 1.21. The van der Waals surface area contributed by atoms with Crippen LogP contribution in [0.5, 0.6) is 11.5 Å². The van der Waals surface area contributed by atoms with Gasteiger partial charge in [0.05, 0.1) is 16.7 Å². The molecule has 0 fully saturated rings. The zero-order valence-corrected chi connectivity index (χ0v) is 13.9. The molecular formula is C20H13N3O4. The predicted octanol–water partition coefficient (Wildman–Crippen LogP) is 3.72. The number of aromatic hydroxyl groups is 1. The smallest absolute Gasteiger partial charge is 0.345 e.